The first-order valence-corrected chi connectivity index (χ1v) is 25.5. The van der Waals surface area contributed by atoms with E-state index >= 15 is 0 Å². The third-order valence-electron chi connectivity index (χ3n) is 15.2. The number of benzene rings is 8. The van der Waals surface area contributed by atoms with Crippen molar-refractivity contribution in [3.05, 3.63) is 203 Å². The second-order valence-corrected chi connectivity index (χ2v) is 23.2. The van der Waals surface area contributed by atoms with Crippen LogP contribution in [0.1, 0.15) is 102 Å². The number of para-hydroxylation sites is 2. The monoisotopic (exact) mass is 939 g/mol. The number of fused-ring (bicyclic) bond motifs is 7. The van der Waals surface area contributed by atoms with Gasteiger partial charge in [0.1, 0.15) is 22.5 Å². The van der Waals surface area contributed by atoms with Gasteiger partial charge in [-0.3, -0.25) is 9.55 Å². The molecule has 0 radical (unpaired) electrons. The summed E-state index contributed by atoms with van der Waals surface area (Å²) in [5, 5.41) is 16.3. The van der Waals surface area contributed by atoms with Gasteiger partial charge in [0.25, 0.3) is 0 Å². The van der Waals surface area contributed by atoms with Gasteiger partial charge >= 0.3 is 0 Å². The van der Waals surface area contributed by atoms with E-state index in [1.54, 1.807) is 6.07 Å². The third kappa shape index (κ3) is 7.69. The van der Waals surface area contributed by atoms with Crippen molar-refractivity contribution in [3.63, 3.8) is 0 Å². The maximum Gasteiger partial charge on any atom is 0.153 e. The van der Waals surface area contributed by atoms with Gasteiger partial charge in [-0.15, -0.1) is 0 Å². The molecule has 3 aromatic heterocycles. The molecule has 5 heteroatoms. The van der Waals surface area contributed by atoms with Crippen molar-refractivity contribution in [2.45, 2.75) is 97.3 Å². The van der Waals surface area contributed by atoms with Gasteiger partial charge in [-0.2, -0.15) is 0 Å². The summed E-state index contributed by atoms with van der Waals surface area (Å²) in [5.41, 5.74) is 18.8. The van der Waals surface area contributed by atoms with Crippen molar-refractivity contribution in [2.75, 3.05) is 0 Å². The molecule has 8 aromatic carbocycles. The van der Waals surface area contributed by atoms with E-state index in [-0.39, 0.29) is 22.0 Å². The Morgan fingerprint density at radius 2 is 1.19 bits per heavy atom. The smallest absolute Gasteiger partial charge is 0.153 e. The minimum Gasteiger partial charge on any atom is -0.507 e. The second-order valence-electron chi connectivity index (χ2n) is 23.2. The van der Waals surface area contributed by atoms with Crippen molar-refractivity contribution in [2.24, 2.45) is 0 Å². The summed E-state index contributed by atoms with van der Waals surface area (Å²) in [5.74, 6) is 1.17. The number of imidazole rings is 1. The first kappa shape index (κ1) is 45.4. The summed E-state index contributed by atoms with van der Waals surface area (Å²) >= 11 is 0. The summed E-state index contributed by atoms with van der Waals surface area (Å²) in [6.07, 6.45) is 3.99. The predicted molar refractivity (Wildman–Crippen MR) is 300 cm³/mol. The lowest BCUT2D eigenvalue weighted by atomic mass is 9.74. The highest BCUT2D eigenvalue weighted by molar-refractivity contribution is 6.18. The van der Waals surface area contributed by atoms with Gasteiger partial charge in [-0.1, -0.05) is 159 Å². The molecule has 1 N–H and O–H groups in total. The van der Waals surface area contributed by atoms with Gasteiger partial charge < -0.3 is 9.52 Å². The van der Waals surface area contributed by atoms with Crippen LogP contribution in [0, 0.1) is 0 Å². The molecule has 0 saturated heterocycles. The fourth-order valence-electron chi connectivity index (χ4n) is 11.5. The van der Waals surface area contributed by atoms with E-state index in [1.165, 1.54) is 44.5 Å². The number of hydrogen-bond acceptors (Lipinski definition) is 4. The van der Waals surface area contributed by atoms with Crippen molar-refractivity contribution in [3.8, 4) is 56.3 Å². The van der Waals surface area contributed by atoms with Gasteiger partial charge in [0.05, 0.1) is 16.7 Å². The summed E-state index contributed by atoms with van der Waals surface area (Å²) in [4.78, 5) is 10.7. The van der Waals surface area contributed by atoms with Crippen LogP contribution in [0.25, 0.3) is 94.3 Å². The highest BCUT2D eigenvalue weighted by atomic mass is 16.3. The predicted octanol–water partition coefficient (Wildman–Crippen LogP) is 17.6. The molecule has 11 aromatic rings. The van der Waals surface area contributed by atoms with Crippen molar-refractivity contribution in [1.82, 2.24) is 14.5 Å². The number of pyridine rings is 1. The number of rotatable bonds is 6. The molecule has 0 amide bonds. The van der Waals surface area contributed by atoms with Crippen LogP contribution in [0.4, 0.5) is 0 Å². The molecule has 0 aliphatic heterocycles. The van der Waals surface area contributed by atoms with E-state index < -0.39 is 0 Å². The van der Waals surface area contributed by atoms with Crippen molar-refractivity contribution < 1.29 is 9.52 Å². The van der Waals surface area contributed by atoms with Crippen LogP contribution in [0.15, 0.2) is 174 Å². The largest absolute Gasteiger partial charge is 0.507 e. The molecular formula is C67H61N3O2. The fourth-order valence-corrected chi connectivity index (χ4v) is 11.5. The minimum absolute atomic E-state index is 0.0610. The average molecular weight is 940 g/mol. The maximum atomic E-state index is 12.1. The minimum atomic E-state index is -0.167. The maximum absolute atomic E-state index is 12.1. The molecular weight excluding hydrogens is 879 g/mol. The van der Waals surface area contributed by atoms with Crippen LogP contribution in [0.3, 0.4) is 0 Å². The highest BCUT2D eigenvalue weighted by Gasteiger charge is 2.30. The van der Waals surface area contributed by atoms with E-state index in [4.69, 9.17) is 14.4 Å². The standard InChI is InChI=1S/C67H61N3O2/c1-65(2,3)48-36-46(35-47(37-48)56-39-42(30-31-68-56)59-54(66(4,5)6)23-17-24-55(59)67(7,8)9)50-22-16-25-57-61(50)69-64(70(57)49-20-14-11-15-21-49)60-58(71)29-28-52-51-27-26-41-32-44-33-43(40-18-12-10-13-19-40)34-45(44)38-53(41)62(51)72-63(52)60/h10-32,35-39,43,71H,33-34H2,1-9H3. The molecule has 5 nitrogen and oxygen atoms in total. The zero-order valence-corrected chi connectivity index (χ0v) is 42.9. The Morgan fingerprint density at radius 3 is 1.90 bits per heavy atom. The van der Waals surface area contributed by atoms with Crippen LogP contribution in [0.2, 0.25) is 0 Å². The van der Waals surface area contributed by atoms with Crippen LogP contribution < -0.4 is 0 Å². The zero-order chi connectivity index (χ0) is 49.8. The average Bonchev–Trinajstić information content (AvgIpc) is 4.08. The SMILES string of the molecule is CC(C)(C)c1cc(-c2cc(-c3c(C(C)(C)C)cccc3C(C)(C)C)ccn2)cc(-c2cccc3c2nc(-c2c(O)ccc4c2oc2c5cc6c(cc5ccc42)CC(c2ccccc2)C6)n3-c2ccccc2)c1. The number of aromatic nitrogens is 3. The van der Waals surface area contributed by atoms with Crippen LogP contribution in [-0.4, -0.2) is 19.6 Å². The van der Waals surface area contributed by atoms with Crippen LogP contribution in [0.5, 0.6) is 5.75 Å². The van der Waals surface area contributed by atoms with E-state index in [2.05, 4.69) is 200 Å². The summed E-state index contributed by atoms with van der Waals surface area (Å²) in [6.45, 7) is 20.6. The number of nitrogens with zero attached hydrogens (tertiary/aromatic N) is 3. The lowest BCUT2D eigenvalue weighted by Gasteiger charge is -2.30. The molecule has 356 valence electrons. The topological polar surface area (TPSA) is 64.1 Å². The van der Waals surface area contributed by atoms with Gasteiger partial charge in [0.15, 0.2) is 5.82 Å². The molecule has 1 aliphatic rings. The molecule has 1 aliphatic carbocycles. The van der Waals surface area contributed by atoms with Crippen molar-refractivity contribution in [1.29, 1.82) is 0 Å². The fraction of sp³-hybridized carbons (Fsp3) is 0.224. The Morgan fingerprint density at radius 1 is 0.542 bits per heavy atom. The quantitative estimate of drug-likeness (QED) is 0.180. The van der Waals surface area contributed by atoms with Crippen LogP contribution in [-0.2, 0) is 29.1 Å². The van der Waals surface area contributed by atoms with Crippen LogP contribution >= 0.6 is 0 Å². The van der Waals surface area contributed by atoms with E-state index in [0.29, 0.717) is 22.9 Å². The van der Waals surface area contributed by atoms with Gasteiger partial charge in [-0.05, 0) is 157 Å². The highest BCUT2D eigenvalue weighted by Crippen LogP contribution is 2.47. The third-order valence-corrected chi connectivity index (χ3v) is 15.2. The molecule has 0 spiro atoms. The molecule has 1 atom stereocenters. The number of aromatic hydroxyl groups is 1. The van der Waals surface area contributed by atoms with Gasteiger partial charge in [-0.25, -0.2) is 4.98 Å². The molecule has 12 rings (SSSR count). The molecule has 3 heterocycles. The molecule has 0 saturated carbocycles. The molecule has 1 unspecified atom stereocenters. The normalized spacial score (nSPS) is 14.3. The first-order valence-electron chi connectivity index (χ1n) is 25.5. The number of furan rings is 1. The molecule has 0 fully saturated rings. The summed E-state index contributed by atoms with van der Waals surface area (Å²) in [6, 6.07) is 58.7. The van der Waals surface area contributed by atoms with Crippen molar-refractivity contribution >= 4 is 43.7 Å². The van der Waals surface area contributed by atoms with Gasteiger partial charge in [0, 0.05) is 39.2 Å². The molecule has 72 heavy (non-hydrogen) atoms. The second kappa shape index (κ2) is 16.7. The zero-order valence-electron chi connectivity index (χ0n) is 42.9. The Labute approximate surface area is 422 Å². The van der Waals surface area contributed by atoms with E-state index in [9.17, 15) is 5.11 Å². The first-order chi connectivity index (χ1) is 34.5. The Hall–Kier alpha value is -7.76. The lowest BCUT2D eigenvalue weighted by molar-refractivity contribution is 0.476. The number of hydrogen-bond donors (Lipinski definition) is 1. The van der Waals surface area contributed by atoms with E-state index in [0.717, 1.165) is 79.1 Å². The van der Waals surface area contributed by atoms with Gasteiger partial charge in [0.2, 0.25) is 0 Å². The number of phenols is 1. The summed E-state index contributed by atoms with van der Waals surface area (Å²) in [7, 11) is 0. The Bertz CT molecular complexity index is 3900. The number of phenolic OH excluding ortho intramolecular Hbond substituents is 1. The van der Waals surface area contributed by atoms with E-state index in [1.807, 2.05) is 30.5 Å². The Balaban J connectivity index is 1.04. The Kier molecular flexibility index (Phi) is 10.5. The molecule has 0 bridgehead atoms. The summed E-state index contributed by atoms with van der Waals surface area (Å²) < 4.78 is 9.27. The lowest BCUT2D eigenvalue weighted by Crippen LogP contribution is -2.19.